The van der Waals surface area contributed by atoms with E-state index < -0.39 is 0 Å². The van der Waals surface area contributed by atoms with Crippen LogP contribution in [0.3, 0.4) is 0 Å². The SMILES string of the molecule is CC1Cc2ccccc2N1CC(=O)NCc1cccc(Cl)c1. The zero-order valence-electron chi connectivity index (χ0n) is 12.6. The molecule has 1 heterocycles. The van der Waals surface area contributed by atoms with Crippen LogP contribution >= 0.6 is 11.6 Å². The maximum atomic E-state index is 12.2. The zero-order valence-corrected chi connectivity index (χ0v) is 13.3. The van der Waals surface area contributed by atoms with Crippen LogP contribution in [0.15, 0.2) is 48.5 Å². The van der Waals surface area contributed by atoms with Crippen LogP contribution in [-0.4, -0.2) is 18.5 Å². The molecule has 0 aromatic heterocycles. The van der Waals surface area contributed by atoms with Gasteiger partial charge in [0.2, 0.25) is 5.91 Å². The van der Waals surface area contributed by atoms with Crippen molar-refractivity contribution in [2.75, 3.05) is 11.4 Å². The van der Waals surface area contributed by atoms with Crippen molar-refractivity contribution in [3.8, 4) is 0 Å². The Bertz CT molecular complexity index is 686. The first-order valence-corrected chi connectivity index (χ1v) is 7.87. The van der Waals surface area contributed by atoms with Crippen LogP contribution in [0.4, 0.5) is 5.69 Å². The molecule has 3 nitrogen and oxygen atoms in total. The molecular formula is C18H19ClN2O. The van der Waals surface area contributed by atoms with E-state index in [1.807, 2.05) is 36.4 Å². The third kappa shape index (κ3) is 3.25. The highest BCUT2D eigenvalue weighted by molar-refractivity contribution is 6.30. The van der Waals surface area contributed by atoms with Gasteiger partial charge in [-0.2, -0.15) is 0 Å². The lowest BCUT2D eigenvalue weighted by Gasteiger charge is -2.24. The third-order valence-corrected chi connectivity index (χ3v) is 4.28. The van der Waals surface area contributed by atoms with Crippen molar-refractivity contribution in [3.63, 3.8) is 0 Å². The van der Waals surface area contributed by atoms with E-state index in [0.717, 1.165) is 12.0 Å². The van der Waals surface area contributed by atoms with Crippen molar-refractivity contribution >= 4 is 23.2 Å². The lowest BCUT2D eigenvalue weighted by molar-refractivity contribution is -0.120. The average molecular weight is 315 g/mol. The monoisotopic (exact) mass is 314 g/mol. The second-order valence-corrected chi connectivity index (χ2v) is 6.15. The molecule has 2 aromatic carbocycles. The molecule has 0 spiro atoms. The number of nitrogens with one attached hydrogen (secondary N) is 1. The molecule has 4 heteroatoms. The summed E-state index contributed by atoms with van der Waals surface area (Å²) in [6, 6.07) is 16.2. The number of nitrogens with zero attached hydrogens (tertiary/aromatic N) is 1. The zero-order chi connectivity index (χ0) is 15.5. The fourth-order valence-corrected chi connectivity index (χ4v) is 3.14. The molecule has 0 aliphatic carbocycles. The lowest BCUT2D eigenvalue weighted by atomic mass is 10.1. The quantitative estimate of drug-likeness (QED) is 0.938. The van der Waals surface area contributed by atoms with Crippen molar-refractivity contribution < 1.29 is 4.79 Å². The number of halogens is 1. The molecule has 114 valence electrons. The molecule has 1 N–H and O–H groups in total. The highest BCUT2D eigenvalue weighted by Crippen LogP contribution is 2.31. The summed E-state index contributed by atoms with van der Waals surface area (Å²) in [5, 5.41) is 3.65. The van der Waals surface area contributed by atoms with Gasteiger partial charge in [-0.25, -0.2) is 0 Å². The lowest BCUT2D eigenvalue weighted by Crippen LogP contribution is -2.39. The van der Waals surface area contributed by atoms with Gasteiger partial charge in [0.1, 0.15) is 0 Å². The van der Waals surface area contributed by atoms with Crippen LogP contribution in [0, 0.1) is 0 Å². The first-order valence-electron chi connectivity index (χ1n) is 7.49. The Labute approximate surface area is 135 Å². The van der Waals surface area contributed by atoms with E-state index in [-0.39, 0.29) is 5.91 Å². The topological polar surface area (TPSA) is 32.3 Å². The van der Waals surface area contributed by atoms with E-state index in [9.17, 15) is 4.79 Å². The van der Waals surface area contributed by atoms with Gasteiger partial charge in [-0.05, 0) is 42.7 Å². The summed E-state index contributed by atoms with van der Waals surface area (Å²) in [5.74, 6) is 0.0310. The van der Waals surface area contributed by atoms with Crippen LogP contribution in [0.2, 0.25) is 5.02 Å². The van der Waals surface area contributed by atoms with E-state index in [2.05, 4.69) is 29.3 Å². The molecule has 1 unspecified atom stereocenters. The molecule has 1 atom stereocenters. The molecular weight excluding hydrogens is 296 g/mol. The van der Waals surface area contributed by atoms with E-state index >= 15 is 0 Å². The minimum Gasteiger partial charge on any atom is -0.359 e. The van der Waals surface area contributed by atoms with E-state index in [1.165, 1.54) is 11.3 Å². The van der Waals surface area contributed by atoms with Gasteiger partial charge in [0, 0.05) is 23.3 Å². The third-order valence-electron chi connectivity index (χ3n) is 4.04. The van der Waals surface area contributed by atoms with Crippen LogP contribution in [0.25, 0.3) is 0 Å². The van der Waals surface area contributed by atoms with E-state index in [0.29, 0.717) is 24.2 Å². The fraction of sp³-hybridized carbons (Fsp3) is 0.278. The second kappa shape index (κ2) is 6.41. The number of hydrogen-bond donors (Lipinski definition) is 1. The van der Waals surface area contributed by atoms with Gasteiger partial charge >= 0.3 is 0 Å². The number of para-hydroxylation sites is 1. The Kier molecular flexibility index (Phi) is 4.34. The first kappa shape index (κ1) is 14.9. The molecule has 3 rings (SSSR count). The Morgan fingerprint density at radius 1 is 1.27 bits per heavy atom. The van der Waals surface area contributed by atoms with Gasteiger partial charge in [-0.15, -0.1) is 0 Å². The number of carbonyl (C=O) groups is 1. The molecule has 2 aromatic rings. The predicted octanol–water partition coefficient (Wildman–Crippen LogP) is 3.41. The Morgan fingerprint density at radius 2 is 2.09 bits per heavy atom. The van der Waals surface area contributed by atoms with Crippen molar-refractivity contribution in [2.24, 2.45) is 0 Å². The average Bonchev–Trinajstić information content (AvgIpc) is 2.81. The Morgan fingerprint density at radius 3 is 2.91 bits per heavy atom. The number of amides is 1. The Balaban J connectivity index is 1.60. The second-order valence-electron chi connectivity index (χ2n) is 5.72. The Hall–Kier alpha value is -2.00. The molecule has 0 fully saturated rings. The van der Waals surface area contributed by atoms with Gasteiger partial charge in [0.15, 0.2) is 0 Å². The highest BCUT2D eigenvalue weighted by Gasteiger charge is 2.26. The maximum absolute atomic E-state index is 12.2. The minimum atomic E-state index is 0.0310. The van der Waals surface area contributed by atoms with Crippen LogP contribution in [-0.2, 0) is 17.8 Å². The summed E-state index contributed by atoms with van der Waals surface area (Å²) < 4.78 is 0. The number of hydrogen-bond acceptors (Lipinski definition) is 2. The van der Waals surface area contributed by atoms with Gasteiger partial charge in [-0.3, -0.25) is 4.79 Å². The van der Waals surface area contributed by atoms with E-state index in [4.69, 9.17) is 11.6 Å². The summed E-state index contributed by atoms with van der Waals surface area (Å²) >= 11 is 5.95. The van der Waals surface area contributed by atoms with Crippen molar-refractivity contribution in [3.05, 3.63) is 64.7 Å². The predicted molar refractivity (Wildman–Crippen MR) is 90.3 cm³/mol. The summed E-state index contributed by atoms with van der Waals surface area (Å²) in [5.41, 5.74) is 3.50. The summed E-state index contributed by atoms with van der Waals surface area (Å²) in [4.78, 5) is 14.4. The summed E-state index contributed by atoms with van der Waals surface area (Å²) in [7, 11) is 0. The minimum absolute atomic E-state index is 0.0310. The van der Waals surface area contributed by atoms with Crippen molar-refractivity contribution in [2.45, 2.75) is 25.9 Å². The number of benzene rings is 2. The van der Waals surface area contributed by atoms with Crippen molar-refractivity contribution in [1.82, 2.24) is 5.32 Å². The molecule has 1 amide bonds. The fourth-order valence-electron chi connectivity index (χ4n) is 2.93. The molecule has 22 heavy (non-hydrogen) atoms. The number of rotatable bonds is 4. The van der Waals surface area contributed by atoms with Crippen LogP contribution < -0.4 is 10.2 Å². The molecule has 1 aliphatic heterocycles. The summed E-state index contributed by atoms with van der Waals surface area (Å²) in [6.07, 6.45) is 0.998. The molecule has 0 saturated carbocycles. The normalized spacial score (nSPS) is 16.5. The van der Waals surface area contributed by atoms with E-state index in [1.54, 1.807) is 0 Å². The first-order chi connectivity index (χ1) is 10.6. The molecule has 0 bridgehead atoms. The van der Waals surface area contributed by atoms with Gasteiger partial charge in [0.25, 0.3) is 0 Å². The largest absolute Gasteiger partial charge is 0.359 e. The standard InChI is InChI=1S/C18H19ClN2O/c1-13-9-15-6-2-3-8-17(15)21(13)12-18(22)20-11-14-5-4-7-16(19)10-14/h2-8,10,13H,9,11-12H2,1H3,(H,20,22). The highest BCUT2D eigenvalue weighted by atomic mass is 35.5. The molecule has 1 aliphatic rings. The molecule has 0 radical (unpaired) electrons. The van der Waals surface area contributed by atoms with Gasteiger partial charge in [0.05, 0.1) is 6.54 Å². The van der Waals surface area contributed by atoms with Gasteiger partial charge in [-0.1, -0.05) is 41.9 Å². The van der Waals surface area contributed by atoms with Crippen LogP contribution in [0.5, 0.6) is 0 Å². The summed E-state index contributed by atoms with van der Waals surface area (Å²) in [6.45, 7) is 3.05. The number of fused-ring (bicyclic) bond motifs is 1. The van der Waals surface area contributed by atoms with Crippen LogP contribution in [0.1, 0.15) is 18.1 Å². The smallest absolute Gasteiger partial charge is 0.239 e. The van der Waals surface area contributed by atoms with Gasteiger partial charge < -0.3 is 10.2 Å². The van der Waals surface area contributed by atoms with Crippen molar-refractivity contribution in [1.29, 1.82) is 0 Å². The maximum Gasteiger partial charge on any atom is 0.239 e. The molecule has 0 saturated heterocycles. The number of carbonyl (C=O) groups excluding carboxylic acids is 1. The number of anilines is 1.